The lowest BCUT2D eigenvalue weighted by Crippen LogP contribution is -2.30. The first-order valence-electron chi connectivity index (χ1n) is 7.89. The molecular formula is C19H15BrN2O5. The smallest absolute Gasteiger partial charge is 0.325 e. The van der Waals surface area contributed by atoms with E-state index in [-0.39, 0.29) is 18.0 Å². The Morgan fingerprint density at radius 3 is 2.56 bits per heavy atom. The molecule has 7 nitrogen and oxygen atoms in total. The fourth-order valence-electron chi connectivity index (χ4n) is 2.39. The molecular weight excluding hydrogens is 416 g/mol. The van der Waals surface area contributed by atoms with E-state index in [4.69, 9.17) is 4.74 Å². The number of fused-ring (bicyclic) bond motifs is 1. The summed E-state index contributed by atoms with van der Waals surface area (Å²) in [4.78, 5) is 27.5. The van der Waals surface area contributed by atoms with Gasteiger partial charge in [0.2, 0.25) is 0 Å². The molecule has 0 unspecified atom stereocenters. The monoisotopic (exact) mass is 430 g/mol. The molecule has 138 valence electrons. The summed E-state index contributed by atoms with van der Waals surface area (Å²) in [5, 5.41) is 13.8. The number of benzene rings is 2. The van der Waals surface area contributed by atoms with Crippen molar-refractivity contribution in [1.82, 2.24) is 10.3 Å². The molecule has 0 aliphatic heterocycles. The Morgan fingerprint density at radius 1 is 1.11 bits per heavy atom. The van der Waals surface area contributed by atoms with Crippen LogP contribution < -0.4 is 10.1 Å². The van der Waals surface area contributed by atoms with Gasteiger partial charge in [-0.05, 0) is 46.3 Å². The number of carbonyl (C=O) groups is 2. The number of ether oxygens (including phenoxy) is 2. The van der Waals surface area contributed by atoms with E-state index in [9.17, 15) is 14.7 Å². The van der Waals surface area contributed by atoms with Crippen molar-refractivity contribution in [3.05, 3.63) is 58.8 Å². The highest BCUT2D eigenvalue weighted by atomic mass is 79.9. The van der Waals surface area contributed by atoms with E-state index in [0.717, 1.165) is 0 Å². The van der Waals surface area contributed by atoms with E-state index in [1.165, 1.54) is 7.11 Å². The summed E-state index contributed by atoms with van der Waals surface area (Å²) in [7, 11) is 1.21. The Morgan fingerprint density at radius 2 is 1.85 bits per heavy atom. The van der Waals surface area contributed by atoms with Crippen molar-refractivity contribution in [2.24, 2.45) is 0 Å². The molecule has 0 fully saturated rings. The van der Waals surface area contributed by atoms with Gasteiger partial charge < -0.3 is 19.9 Å². The number of aromatic nitrogens is 1. The van der Waals surface area contributed by atoms with E-state index >= 15 is 0 Å². The number of aromatic hydroxyl groups is 1. The van der Waals surface area contributed by atoms with E-state index < -0.39 is 11.9 Å². The van der Waals surface area contributed by atoms with Gasteiger partial charge in [-0.3, -0.25) is 9.59 Å². The molecule has 1 aromatic heterocycles. The van der Waals surface area contributed by atoms with Crippen LogP contribution in [0.2, 0.25) is 0 Å². The molecule has 0 atom stereocenters. The van der Waals surface area contributed by atoms with Crippen LogP contribution in [0.3, 0.4) is 0 Å². The van der Waals surface area contributed by atoms with E-state index in [1.807, 2.05) is 30.3 Å². The fourth-order valence-corrected chi connectivity index (χ4v) is 2.90. The van der Waals surface area contributed by atoms with Crippen molar-refractivity contribution in [2.45, 2.75) is 0 Å². The number of para-hydroxylation sites is 1. The summed E-state index contributed by atoms with van der Waals surface area (Å²) >= 11 is 3.31. The van der Waals surface area contributed by atoms with Crippen LogP contribution in [0.15, 0.2) is 53.1 Å². The van der Waals surface area contributed by atoms with Crippen LogP contribution in [-0.4, -0.2) is 35.6 Å². The zero-order valence-corrected chi connectivity index (χ0v) is 15.8. The fraction of sp³-hybridized carbons (Fsp3) is 0.105. The predicted molar refractivity (Wildman–Crippen MR) is 102 cm³/mol. The van der Waals surface area contributed by atoms with Gasteiger partial charge in [0.15, 0.2) is 11.4 Å². The molecule has 3 aromatic rings. The highest BCUT2D eigenvalue weighted by molar-refractivity contribution is 9.10. The molecule has 3 rings (SSSR count). The van der Waals surface area contributed by atoms with Crippen molar-refractivity contribution in [3.63, 3.8) is 0 Å². The summed E-state index contributed by atoms with van der Waals surface area (Å²) in [5.74, 6) is -0.361. The highest BCUT2D eigenvalue weighted by Crippen LogP contribution is 2.35. The topological polar surface area (TPSA) is 97.8 Å². The second-order valence-electron chi connectivity index (χ2n) is 5.48. The van der Waals surface area contributed by atoms with Gasteiger partial charge in [0.05, 0.1) is 7.11 Å². The van der Waals surface area contributed by atoms with Gasteiger partial charge in [-0.15, -0.1) is 0 Å². The van der Waals surface area contributed by atoms with Crippen LogP contribution in [-0.2, 0) is 9.53 Å². The summed E-state index contributed by atoms with van der Waals surface area (Å²) in [5.41, 5.74) is -0.199. The van der Waals surface area contributed by atoms with Crippen LogP contribution in [0.1, 0.15) is 10.5 Å². The standard InChI is InChI=1S/C19H15BrN2O5/c1-26-15(23)10-21-19(25)16-17(24)13-8-7-12(9-14(13)18(20)22-16)27-11-5-3-2-4-6-11/h2-9,24H,10H2,1H3,(H,21,25). The SMILES string of the molecule is COC(=O)CNC(=O)c1nc(Br)c2cc(Oc3ccccc3)ccc2c1O. The van der Waals surface area contributed by atoms with Crippen molar-refractivity contribution in [2.75, 3.05) is 13.7 Å². The molecule has 0 bridgehead atoms. The van der Waals surface area contributed by atoms with Crippen molar-refractivity contribution < 1.29 is 24.2 Å². The van der Waals surface area contributed by atoms with Crippen molar-refractivity contribution >= 4 is 38.6 Å². The number of rotatable bonds is 5. The third-order valence-corrected chi connectivity index (χ3v) is 4.32. The van der Waals surface area contributed by atoms with E-state index in [2.05, 4.69) is 31.0 Å². The summed E-state index contributed by atoms with van der Waals surface area (Å²) < 4.78 is 10.6. The Hall–Kier alpha value is -3.13. The molecule has 0 radical (unpaired) electrons. The average molecular weight is 431 g/mol. The first-order valence-corrected chi connectivity index (χ1v) is 8.69. The van der Waals surface area contributed by atoms with Gasteiger partial charge in [-0.2, -0.15) is 0 Å². The molecule has 1 amide bonds. The maximum atomic E-state index is 12.2. The third kappa shape index (κ3) is 4.17. The Kier molecular flexibility index (Phi) is 5.56. The molecule has 1 heterocycles. The number of halogens is 1. The van der Waals surface area contributed by atoms with Crippen LogP contribution >= 0.6 is 15.9 Å². The number of nitrogens with one attached hydrogen (secondary N) is 1. The largest absolute Gasteiger partial charge is 0.505 e. The molecule has 2 N–H and O–H groups in total. The Labute approximate surface area is 163 Å². The van der Waals surface area contributed by atoms with Gasteiger partial charge in [0.1, 0.15) is 22.6 Å². The number of hydrogen-bond donors (Lipinski definition) is 2. The number of methoxy groups -OCH3 is 1. The van der Waals surface area contributed by atoms with E-state index in [0.29, 0.717) is 26.9 Å². The maximum absolute atomic E-state index is 12.2. The molecule has 0 aliphatic rings. The third-order valence-electron chi connectivity index (χ3n) is 3.72. The number of nitrogens with zero attached hydrogens (tertiary/aromatic N) is 1. The van der Waals surface area contributed by atoms with Crippen LogP contribution in [0.25, 0.3) is 10.8 Å². The second kappa shape index (κ2) is 8.05. The molecule has 27 heavy (non-hydrogen) atoms. The predicted octanol–water partition coefficient (Wildman–Crippen LogP) is 3.40. The number of amides is 1. The lowest BCUT2D eigenvalue weighted by Gasteiger charge is -2.11. The summed E-state index contributed by atoms with van der Waals surface area (Å²) in [6.45, 7) is -0.323. The zero-order valence-electron chi connectivity index (χ0n) is 14.2. The van der Waals surface area contributed by atoms with Crippen LogP contribution in [0.5, 0.6) is 17.2 Å². The quantitative estimate of drug-likeness (QED) is 0.475. The molecule has 0 saturated heterocycles. The Bertz CT molecular complexity index is 1010. The van der Waals surface area contributed by atoms with Crippen LogP contribution in [0, 0.1) is 0 Å². The van der Waals surface area contributed by atoms with Gasteiger partial charge in [-0.25, -0.2) is 4.98 Å². The second-order valence-corrected chi connectivity index (χ2v) is 6.23. The zero-order chi connectivity index (χ0) is 19.4. The van der Waals surface area contributed by atoms with Gasteiger partial charge in [0, 0.05) is 10.8 Å². The minimum Gasteiger partial charge on any atom is -0.505 e. The normalized spacial score (nSPS) is 10.4. The molecule has 0 saturated carbocycles. The number of carbonyl (C=O) groups excluding carboxylic acids is 2. The molecule has 8 heteroatoms. The first kappa shape index (κ1) is 18.7. The lowest BCUT2D eigenvalue weighted by atomic mass is 10.1. The van der Waals surface area contributed by atoms with Crippen molar-refractivity contribution in [1.29, 1.82) is 0 Å². The van der Waals surface area contributed by atoms with Crippen LogP contribution in [0.4, 0.5) is 0 Å². The summed E-state index contributed by atoms with van der Waals surface area (Å²) in [6.07, 6.45) is 0. The Balaban J connectivity index is 1.92. The number of hydrogen-bond acceptors (Lipinski definition) is 6. The molecule has 0 spiro atoms. The molecule has 2 aromatic carbocycles. The van der Waals surface area contributed by atoms with Gasteiger partial charge >= 0.3 is 5.97 Å². The minimum absolute atomic E-state index is 0.199. The number of pyridine rings is 1. The highest BCUT2D eigenvalue weighted by Gasteiger charge is 2.19. The molecule has 0 aliphatic carbocycles. The summed E-state index contributed by atoms with van der Waals surface area (Å²) in [6, 6.07) is 14.3. The van der Waals surface area contributed by atoms with Gasteiger partial charge in [0.25, 0.3) is 5.91 Å². The maximum Gasteiger partial charge on any atom is 0.325 e. The van der Waals surface area contributed by atoms with Gasteiger partial charge in [-0.1, -0.05) is 18.2 Å². The minimum atomic E-state index is -0.690. The van der Waals surface area contributed by atoms with E-state index in [1.54, 1.807) is 18.2 Å². The average Bonchev–Trinajstić information content (AvgIpc) is 2.69. The lowest BCUT2D eigenvalue weighted by molar-refractivity contribution is -0.139. The first-order chi connectivity index (χ1) is 13.0. The van der Waals surface area contributed by atoms with Crippen molar-refractivity contribution in [3.8, 4) is 17.2 Å². The number of esters is 1.